The zero-order chi connectivity index (χ0) is 21.3. The number of benzene rings is 2. The number of anilines is 3. The van der Waals surface area contributed by atoms with E-state index in [1.165, 1.54) is 12.1 Å². The minimum atomic E-state index is -4.48. The smallest absolute Gasteiger partial charge is 0.383 e. The standard InChI is InChI=1S/C21H16F3N5O/c22-21(23,24)13-2-1-3-15(12-13)28-20(30)27-14-4-6-16(7-5-14)29-11-9-17-18(29)8-10-26-19(17)25/h1-12H,(H2,25,26)(H2,27,28,30). The molecule has 0 saturated heterocycles. The van der Waals surface area contributed by atoms with Gasteiger partial charge in [0.2, 0.25) is 0 Å². The van der Waals surface area contributed by atoms with E-state index in [0.29, 0.717) is 11.5 Å². The number of aromatic nitrogens is 2. The maximum Gasteiger partial charge on any atom is 0.416 e. The molecule has 0 saturated carbocycles. The summed E-state index contributed by atoms with van der Waals surface area (Å²) in [6.45, 7) is 0. The van der Waals surface area contributed by atoms with Crippen LogP contribution < -0.4 is 16.4 Å². The van der Waals surface area contributed by atoms with Crippen molar-refractivity contribution in [1.82, 2.24) is 9.55 Å². The Labute approximate surface area is 169 Å². The predicted octanol–water partition coefficient (Wildman–Crippen LogP) is 5.27. The Hall–Kier alpha value is -4.01. The van der Waals surface area contributed by atoms with Crippen LogP contribution in [0.15, 0.2) is 73.1 Å². The van der Waals surface area contributed by atoms with E-state index in [-0.39, 0.29) is 5.69 Å². The van der Waals surface area contributed by atoms with Crippen LogP contribution in [0.5, 0.6) is 0 Å². The number of nitrogens with zero attached hydrogens (tertiary/aromatic N) is 2. The molecule has 2 aromatic carbocycles. The fourth-order valence-electron chi connectivity index (χ4n) is 3.09. The number of nitrogens with two attached hydrogens (primary N) is 1. The quantitative estimate of drug-likeness (QED) is 0.429. The van der Waals surface area contributed by atoms with Crippen LogP contribution in [0.4, 0.5) is 35.2 Å². The van der Waals surface area contributed by atoms with Gasteiger partial charge in [-0.2, -0.15) is 13.2 Å². The summed E-state index contributed by atoms with van der Waals surface area (Å²) in [6.07, 6.45) is -0.985. The van der Waals surface area contributed by atoms with Crippen LogP contribution in [0, 0.1) is 0 Å². The molecule has 4 aromatic rings. The van der Waals surface area contributed by atoms with E-state index in [2.05, 4.69) is 15.6 Å². The van der Waals surface area contributed by atoms with Gasteiger partial charge in [-0.05, 0) is 54.6 Å². The number of amides is 2. The van der Waals surface area contributed by atoms with Gasteiger partial charge < -0.3 is 20.9 Å². The van der Waals surface area contributed by atoms with Crippen LogP contribution in [0.3, 0.4) is 0 Å². The minimum absolute atomic E-state index is 0.0453. The van der Waals surface area contributed by atoms with Gasteiger partial charge in [-0.25, -0.2) is 9.78 Å². The fourth-order valence-corrected chi connectivity index (χ4v) is 3.09. The molecule has 2 amide bonds. The second-order valence-electron chi connectivity index (χ2n) is 6.52. The molecule has 0 bridgehead atoms. The number of hydrogen-bond acceptors (Lipinski definition) is 3. The first-order valence-electron chi connectivity index (χ1n) is 8.88. The molecule has 0 atom stereocenters. The van der Waals surface area contributed by atoms with Gasteiger partial charge in [-0.15, -0.1) is 0 Å². The molecular weight excluding hydrogens is 395 g/mol. The number of carbonyl (C=O) groups excluding carboxylic acids is 1. The summed E-state index contributed by atoms with van der Waals surface area (Å²) in [4.78, 5) is 16.2. The fraction of sp³-hybridized carbons (Fsp3) is 0.0476. The number of nitrogens with one attached hydrogen (secondary N) is 2. The minimum Gasteiger partial charge on any atom is -0.383 e. The lowest BCUT2D eigenvalue weighted by molar-refractivity contribution is -0.137. The van der Waals surface area contributed by atoms with E-state index in [9.17, 15) is 18.0 Å². The topological polar surface area (TPSA) is 85.0 Å². The van der Waals surface area contributed by atoms with E-state index in [4.69, 9.17) is 5.73 Å². The first-order chi connectivity index (χ1) is 14.3. The zero-order valence-corrected chi connectivity index (χ0v) is 15.4. The van der Waals surface area contributed by atoms with Crippen molar-refractivity contribution < 1.29 is 18.0 Å². The van der Waals surface area contributed by atoms with Crippen LogP contribution in [0.25, 0.3) is 16.6 Å². The number of hydrogen-bond donors (Lipinski definition) is 3. The Kier molecular flexibility index (Phi) is 4.78. The lowest BCUT2D eigenvalue weighted by atomic mass is 10.2. The van der Waals surface area contributed by atoms with Crippen molar-refractivity contribution in [2.75, 3.05) is 16.4 Å². The maximum absolute atomic E-state index is 12.8. The molecule has 0 aliphatic heterocycles. The van der Waals surface area contributed by atoms with Crippen molar-refractivity contribution >= 4 is 34.1 Å². The molecule has 152 valence electrons. The van der Waals surface area contributed by atoms with Crippen LogP contribution in [0.1, 0.15) is 5.56 Å². The third kappa shape index (κ3) is 3.90. The lowest BCUT2D eigenvalue weighted by Gasteiger charge is -2.11. The van der Waals surface area contributed by atoms with Crippen molar-refractivity contribution in [2.45, 2.75) is 6.18 Å². The summed E-state index contributed by atoms with van der Waals surface area (Å²) < 4.78 is 40.3. The van der Waals surface area contributed by atoms with Gasteiger partial charge in [0.15, 0.2) is 0 Å². The average molecular weight is 411 g/mol. The highest BCUT2D eigenvalue weighted by Crippen LogP contribution is 2.30. The molecule has 0 radical (unpaired) electrons. The highest BCUT2D eigenvalue weighted by Gasteiger charge is 2.30. The van der Waals surface area contributed by atoms with Crippen molar-refractivity contribution in [3.8, 4) is 5.69 Å². The Morgan fingerprint density at radius 3 is 2.43 bits per heavy atom. The number of rotatable bonds is 3. The van der Waals surface area contributed by atoms with Gasteiger partial charge in [-0.3, -0.25) is 0 Å². The highest BCUT2D eigenvalue weighted by molar-refractivity contribution is 5.99. The second kappa shape index (κ2) is 7.43. The van der Waals surface area contributed by atoms with E-state index < -0.39 is 17.8 Å². The van der Waals surface area contributed by atoms with Gasteiger partial charge in [0, 0.05) is 34.8 Å². The molecular formula is C21H16F3N5O. The van der Waals surface area contributed by atoms with Gasteiger partial charge in [0.25, 0.3) is 0 Å². The maximum atomic E-state index is 12.8. The van der Waals surface area contributed by atoms with Crippen molar-refractivity contribution in [3.63, 3.8) is 0 Å². The number of pyridine rings is 1. The van der Waals surface area contributed by atoms with Crippen LogP contribution in [0.2, 0.25) is 0 Å². The Balaban J connectivity index is 1.47. The summed E-state index contributed by atoms with van der Waals surface area (Å²) in [5.74, 6) is 0.441. The van der Waals surface area contributed by atoms with E-state index in [1.807, 2.05) is 22.9 Å². The Morgan fingerprint density at radius 2 is 1.70 bits per heavy atom. The molecule has 0 spiro atoms. The predicted molar refractivity (Wildman–Crippen MR) is 110 cm³/mol. The van der Waals surface area contributed by atoms with Gasteiger partial charge >= 0.3 is 12.2 Å². The number of alkyl halides is 3. The number of halogens is 3. The Morgan fingerprint density at radius 1 is 0.967 bits per heavy atom. The molecule has 0 aliphatic carbocycles. The highest BCUT2D eigenvalue weighted by atomic mass is 19.4. The molecule has 6 nitrogen and oxygen atoms in total. The lowest BCUT2D eigenvalue weighted by Crippen LogP contribution is -2.19. The average Bonchev–Trinajstić information content (AvgIpc) is 3.14. The van der Waals surface area contributed by atoms with Gasteiger partial charge in [-0.1, -0.05) is 6.07 Å². The number of fused-ring (bicyclic) bond motifs is 1. The summed E-state index contributed by atoms with van der Waals surface area (Å²) >= 11 is 0. The summed E-state index contributed by atoms with van der Waals surface area (Å²) in [7, 11) is 0. The monoisotopic (exact) mass is 411 g/mol. The third-order valence-electron chi connectivity index (χ3n) is 4.50. The van der Waals surface area contributed by atoms with E-state index in [1.54, 1.807) is 30.5 Å². The molecule has 0 unspecified atom stereocenters. The molecule has 0 fully saturated rings. The zero-order valence-electron chi connectivity index (χ0n) is 15.4. The molecule has 30 heavy (non-hydrogen) atoms. The van der Waals surface area contributed by atoms with Crippen LogP contribution in [-0.4, -0.2) is 15.6 Å². The number of urea groups is 1. The molecule has 4 N–H and O–H groups in total. The molecule has 2 aromatic heterocycles. The molecule has 4 rings (SSSR count). The number of nitrogen functional groups attached to an aromatic ring is 1. The second-order valence-corrected chi connectivity index (χ2v) is 6.52. The van der Waals surface area contributed by atoms with Crippen molar-refractivity contribution in [2.24, 2.45) is 0 Å². The van der Waals surface area contributed by atoms with Crippen molar-refractivity contribution in [3.05, 3.63) is 78.6 Å². The Bertz CT molecular complexity index is 1220. The summed E-state index contributed by atoms with van der Waals surface area (Å²) in [5.41, 5.74) is 7.32. The van der Waals surface area contributed by atoms with Gasteiger partial charge in [0.05, 0.1) is 11.1 Å². The van der Waals surface area contributed by atoms with E-state index in [0.717, 1.165) is 28.7 Å². The molecule has 0 aliphatic rings. The van der Waals surface area contributed by atoms with Crippen molar-refractivity contribution in [1.29, 1.82) is 0 Å². The molecule has 9 heteroatoms. The van der Waals surface area contributed by atoms with Crippen LogP contribution >= 0.6 is 0 Å². The summed E-state index contributed by atoms with van der Waals surface area (Å²) in [6, 6.07) is 14.5. The first kappa shape index (κ1) is 19.3. The third-order valence-corrected chi connectivity index (χ3v) is 4.50. The number of carbonyl (C=O) groups is 1. The van der Waals surface area contributed by atoms with E-state index >= 15 is 0 Å². The van der Waals surface area contributed by atoms with Crippen LogP contribution in [-0.2, 0) is 6.18 Å². The normalized spacial score (nSPS) is 11.4. The summed E-state index contributed by atoms with van der Waals surface area (Å²) in [5, 5.41) is 5.83. The molecule has 2 heterocycles. The first-order valence-corrected chi connectivity index (χ1v) is 8.88. The van der Waals surface area contributed by atoms with Gasteiger partial charge in [0.1, 0.15) is 5.82 Å². The SMILES string of the molecule is Nc1nccc2c1ccn2-c1ccc(NC(=O)Nc2cccc(C(F)(F)F)c2)cc1. The largest absolute Gasteiger partial charge is 0.416 e.